The van der Waals surface area contributed by atoms with Gasteiger partial charge in [0.05, 0.1) is 48.9 Å². The summed E-state index contributed by atoms with van der Waals surface area (Å²) in [5.74, 6) is -2.36. The second-order valence-electron chi connectivity index (χ2n) is 13.5. The molecule has 1 spiro atoms. The summed E-state index contributed by atoms with van der Waals surface area (Å²) in [4.78, 5) is 36.4. The lowest BCUT2D eigenvalue weighted by Crippen LogP contribution is -2.59. The van der Waals surface area contributed by atoms with Crippen LogP contribution in [0.2, 0.25) is 16.6 Å². The minimum Gasteiger partial charge on any atom is -0.469 e. The van der Waals surface area contributed by atoms with Gasteiger partial charge in [-0.15, -0.1) is 0 Å². The highest BCUT2D eigenvalue weighted by Gasteiger charge is 2.54. The first-order valence-electron chi connectivity index (χ1n) is 16.5. The zero-order valence-corrected chi connectivity index (χ0v) is 29.5. The first-order chi connectivity index (χ1) is 22.3. The predicted octanol–water partition coefficient (Wildman–Crippen LogP) is 7.47. The average Bonchev–Trinajstić information content (AvgIpc) is 3.02. The van der Waals surface area contributed by atoms with Crippen molar-refractivity contribution in [1.82, 2.24) is 0 Å². The van der Waals surface area contributed by atoms with Crippen LogP contribution in [0.4, 0.5) is 5.69 Å². The Balaban J connectivity index is 1.66. The summed E-state index contributed by atoms with van der Waals surface area (Å²) in [6.45, 7) is 13.6. The fraction of sp³-hybridized carbons (Fsp3) is 0.600. The van der Waals surface area contributed by atoms with Crippen molar-refractivity contribution in [3.05, 3.63) is 75.8 Å². The van der Waals surface area contributed by atoms with E-state index in [1.807, 2.05) is 30.3 Å². The molecule has 258 valence electrons. The Hall–Kier alpha value is -3.16. The summed E-state index contributed by atoms with van der Waals surface area (Å²) in [5.41, 5.74) is 1.97. The zero-order valence-electron chi connectivity index (χ0n) is 28.5. The molecule has 2 saturated heterocycles. The van der Waals surface area contributed by atoms with Crippen LogP contribution in [0.15, 0.2) is 54.6 Å². The molecule has 0 amide bonds. The van der Waals surface area contributed by atoms with Crippen molar-refractivity contribution in [1.29, 1.82) is 0 Å². The van der Waals surface area contributed by atoms with E-state index in [-0.39, 0.29) is 36.3 Å². The van der Waals surface area contributed by atoms with E-state index < -0.39 is 43.4 Å². The third kappa shape index (κ3) is 9.05. The number of methoxy groups -OCH3 is 1. The van der Waals surface area contributed by atoms with Gasteiger partial charge in [-0.2, -0.15) is 0 Å². The molecule has 2 aromatic rings. The van der Waals surface area contributed by atoms with Gasteiger partial charge in [-0.25, -0.2) is 4.79 Å². The number of hydrogen-bond donors (Lipinski definition) is 0. The summed E-state index contributed by atoms with van der Waals surface area (Å²) in [6.07, 6.45) is -0.866. The SMILES string of the molecule is COC(=O)C[C@@H]1C[C@H](OCc2ccccc2)C[C@]2(C[C@@H](O[Si](C(C)C)(C(C)C)C(C)C)C[C@@H](OC(=O)c3ccc([N+](=O)[O-])cc3)O2)O1. The van der Waals surface area contributed by atoms with Gasteiger partial charge >= 0.3 is 11.9 Å². The molecule has 0 N–H and O–H groups in total. The molecule has 0 unspecified atom stereocenters. The Morgan fingerprint density at radius 3 is 2.11 bits per heavy atom. The van der Waals surface area contributed by atoms with Gasteiger partial charge in [-0.05, 0) is 34.3 Å². The van der Waals surface area contributed by atoms with Crippen LogP contribution in [0.1, 0.15) is 89.6 Å². The van der Waals surface area contributed by atoms with Crippen molar-refractivity contribution in [3.8, 4) is 0 Å². The van der Waals surface area contributed by atoms with E-state index in [0.717, 1.165) is 5.56 Å². The summed E-state index contributed by atoms with van der Waals surface area (Å²) < 4.78 is 37.7. The molecule has 0 aromatic heterocycles. The van der Waals surface area contributed by atoms with Gasteiger partial charge in [0, 0.05) is 37.8 Å². The molecule has 2 heterocycles. The van der Waals surface area contributed by atoms with Crippen LogP contribution in [0, 0.1) is 10.1 Å². The topological polar surface area (TPSA) is 133 Å². The van der Waals surface area contributed by atoms with Gasteiger partial charge in [0.25, 0.3) is 5.69 Å². The van der Waals surface area contributed by atoms with E-state index in [4.69, 9.17) is 28.1 Å². The number of carbonyl (C=O) groups is 2. The molecule has 2 aliphatic rings. The van der Waals surface area contributed by atoms with Crippen molar-refractivity contribution in [2.75, 3.05) is 7.11 Å². The Bertz CT molecular complexity index is 1330. The van der Waals surface area contributed by atoms with Gasteiger partial charge in [-0.3, -0.25) is 14.9 Å². The van der Waals surface area contributed by atoms with Crippen LogP contribution in [0.3, 0.4) is 0 Å². The van der Waals surface area contributed by atoms with Gasteiger partial charge in [0.1, 0.15) is 0 Å². The van der Waals surface area contributed by atoms with Crippen molar-refractivity contribution in [2.45, 2.75) is 127 Å². The number of rotatable bonds is 13. The molecule has 12 heteroatoms. The maximum atomic E-state index is 13.3. The Morgan fingerprint density at radius 1 is 0.915 bits per heavy atom. The summed E-state index contributed by atoms with van der Waals surface area (Å²) >= 11 is 0. The van der Waals surface area contributed by atoms with Crippen LogP contribution < -0.4 is 0 Å². The minimum atomic E-state index is -2.39. The van der Waals surface area contributed by atoms with E-state index in [1.54, 1.807) is 0 Å². The first kappa shape index (κ1) is 36.7. The summed E-state index contributed by atoms with van der Waals surface area (Å²) in [6, 6.07) is 15.1. The molecule has 2 aromatic carbocycles. The third-order valence-corrected chi connectivity index (χ3v) is 15.5. The maximum Gasteiger partial charge on any atom is 0.340 e. The fourth-order valence-corrected chi connectivity index (χ4v) is 13.0. The Kier molecular flexibility index (Phi) is 12.3. The van der Waals surface area contributed by atoms with Crippen LogP contribution in [0.5, 0.6) is 0 Å². The molecule has 5 atom stereocenters. The van der Waals surface area contributed by atoms with Crippen LogP contribution in [-0.2, 0) is 39.5 Å². The highest BCUT2D eigenvalue weighted by Crippen LogP contribution is 2.48. The molecule has 11 nitrogen and oxygen atoms in total. The lowest BCUT2D eigenvalue weighted by molar-refractivity contribution is -0.384. The van der Waals surface area contributed by atoms with E-state index in [9.17, 15) is 19.7 Å². The van der Waals surface area contributed by atoms with Crippen LogP contribution in [-0.4, -0.2) is 62.7 Å². The third-order valence-electron chi connectivity index (χ3n) is 9.37. The van der Waals surface area contributed by atoms with Gasteiger partial charge < -0.3 is 28.1 Å². The molecule has 2 fully saturated rings. The maximum absolute atomic E-state index is 13.3. The Labute approximate surface area is 278 Å². The largest absolute Gasteiger partial charge is 0.469 e. The standard InChI is InChI=1S/C35H49NO10Si/c1-23(2)47(24(3)4,25(5)6)46-31-19-33(43-34(38)27-13-15-28(16-14-27)36(39)40)45-35(21-31)20-30(17-29(44-35)18-32(37)41-7)42-22-26-11-9-8-10-12-26/h8-16,23-25,29-31,33H,17-22H2,1-7H3/t29-,30-,31-,33-,35-/m0/s1. The van der Waals surface area contributed by atoms with Crippen molar-refractivity contribution in [3.63, 3.8) is 0 Å². The number of nitrogens with zero attached hydrogens (tertiary/aromatic N) is 1. The van der Waals surface area contributed by atoms with Crippen molar-refractivity contribution >= 4 is 25.9 Å². The first-order valence-corrected chi connectivity index (χ1v) is 18.6. The predicted molar refractivity (Wildman–Crippen MR) is 177 cm³/mol. The lowest BCUT2D eigenvalue weighted by Gasteiger charge is -2.52. The monoisotopic (exact) mass is 671 g/mol. The number of carbonyl (C=O) groups excluding carboxylic acids is 2. The molecule has 47 heavy (non-hydrogen) atoms. The molecule has 2 aliphatic heterocycles. The number of non-ortho nitro benzene ring substituents is 1. The fourth-order valence-electron chi connectivity index (χ4n) is 7.39. The van der Waals surface area contributed by atoms with Crippen molar-refractivity contribution < 1.29 is 42.6 Å². The molecular weight excluding hydrogens is 622 g/mol. The van der Waals surface area contributed by atoms with E-state index >= 15 is 0 Å². The Morgan fingerprint density at radius 2 is 1.53 bits per heavy atom. The van der Waals surface area contributed by atoms with Gasteiger partial charge in [0.15, 0.2) is 5.79 Å². The lowest BCUT2D eigenvalue weighted by atomic mass is 9.90. The molecular formula is C35H49NO10Si. The second kappa shape index (κ2) is 15.8. The molecule has 4 rings (SSSR count). The number of nitro benzene ring substituents is 1. The smallest absolute Gasteiger partial charge is 0.340 e. The number of nitro groups is 1. The highest BCUT2D eigenvalue weighted by atomic mass is 28.4. The van der Waals surface area contributed by atoms with E-state index in [0.29, 0.717) is 42.5 Å². The van der Waals surface area contributed by atoms with Gasteiger partial charge in [-0.1, -0.05) is 71.9 Å². The molecule has 0 aliphatic carbocycles. The average molecular weight is 672 g/mol. The van der Waals surface area contributed by atoms with E-state index in [1.165, 1.54) is 31.4 Å². The molecule has 0 bridgehead atoms. The normalized spacial score (nSPS) is 24.9. The number of benzene rings is 2. The van der Waals surface area contributed by atoms with Gasteiger partial charge in [0.2, 0.25) is 14.6 Å². The quantitative estimate of drug-likeness (QED) is 0.0914. The molecule has 0 saturated carbocycles. The number of hydrogen-bond acceptors (Lipinski definition) is 10. The zero-order chi connectivity index (χ0) is 34.4. The number of ether oxygens (including phenoxy) is 5. The molecule has 0 radical (unpaired) electrons. The highest BCUT2D eigenvalue weighted by molar-refractivity contribution is 6.77. The van der Waals surface area contributed by atoms with Crippen LogP contribution in [0.25, 0.3) is 0 Å². The minimum absolute atomic E-state index is 0.00818. The van der Waals surface area contributed by atoms with E-state index in [2.05, 4.69) is 41.5 Å². The summed E-state index contributed by atoms with van der Waals surface area (Å²) in [7, 11) is -1.05. The van der Waals surface area contributed by atoms with Crippen LogP contribution >= 0.6 is 0 Å². The number of esters is 2. The summed E-state index contributed by atoms with van der Waals surface area (Å²) in [5, 5.41) is 11.1. The second-order valence-corrected chi connectivity index (χ2v) is 19.0. The van der Waals surface area contributed by atoms with Crippen molar-refractivity contribution in [2.24, 2.45) is 0 Å².